The van der Waals surface area contributed by atoms with Gasteiger partial charge in [0.15, 0.2) is 0 Å². The van der Waals surface area contributed by atoms with Crippen LogP contribution in [-0.4, -0.2) is 22.7 Å². The first kappa shape index (κ1) is 11.8. The SMILES string of the molecule is Cc1cnc(NC(CO)C(C)C)c(N)c1. The molecule has 0 radical (unpaired) electrons. The van der Waals surface area contributed by atoms with Crippen LogP contribution in [0.2, 0.25) is 0 Å². The van der Waals surface area contributed by atoms with Crippen LogP contribution in [-0.2, 0) is 0 Å². The van der Waals surface area contributed by atoms with Gasteiger partial charge in [0.2, 0.25) is 0 Å². The van der Waals surface area contributed by atoms with Crippen molar-refractivity contribution in [1.29, 1.82) is 0 Å². The number of nitrogens with zero attached hydrogens (tertiary/aromatic N) is 1. The van der Waals surface area contributed by atoms with Crippen LogP contribution < -0.4 is 11.1 Å². The van der Waals surface area contributed by atoms with Gasteiger partial charge in [0.05, 0.1) is 18.3 Å². The summed E-state index contributed by atoms with van der Waals surface area (Å²) in [6.45, 7) is 6.10. The number of aliphatic hydroxyl groups is 1. The number of anilines is 2. The molecule has 1 rings (SSSR count). The highest BCUT2D eigenvalue weighted by Gasteiger charge is 2.13. The molecule has 0 fully saturated rings. The Morgan fingerprint density at radius 3 is 2.67 bits per heavy atom. The monoisotopic (exact) mass is 209 g/mol. The second kappa shape index (κ2) is 4.98. The molecule has 0 saturated heterocycles. The predicted molar refractivity (Wildman–Crippen MR) is 62.7 cm³/mol. The van der Waals surface area contributed by atoms with Gasteiger partial charge in [0, 0.05) is 6.20 Å². The molecule has 84 valence electrons. The van der Waals surface area contributed by atoms with E-state index in [1.807, 2.05) is 26.8 Å². The molecule has 0 spiro atoms. The van der Waals surface area contributed by atoms with Gasteiger partial charge in [-0.15, -0.1) is 0 Å². The van der Waals surface area contributed by atoms with Crippen LogP contribution in [0.5, 0.6) is 0 Å². The first-order chi connectivity index (χ1) is 7.04. The fourth-order valence-electron chi connectivity index (χ4n) is 1.31. The molecule has 0 bridgehead atoms. The van der Waals surface area contributed by atoms with Crippen molar-refractivity contribution in [3.63, 3.8) is 0 Å². The minimum Gasteiger partial charge on any atom is -0.396 e. The zero-order chi connectivity index (χ0) is 11.4. The molecule has 4 heteroatoms. The number of aromatic nitrogens is 1. The third kappa shape index (κ3) is 3.09. The largest absolute Gasteiger partial charge is 0.396 e. The van der Waals surface area contributed by atoms with Gasteiger partial charge in [-0.1, -0.05) is 13.8 Å². The second-order valence-electron chi connectivity index (χ2n) is 4.13. The summed E-state index contributed by atoms with van der Waals surface area (Å²) in [5, 5.41) is 12.3. The van der Waals surface area contributed by atoms with E-state index in [0.717, 1.165) is 5.56 Å². The smallest absolute Gasteiger partial charge is 0.149 e. The summed E-state index contributed by atoms with van der Waals surface area (Å²) < 4.78 is 0. The van der Waals surface area contributed by atoms with E-state index >= 15 is 0 Å². The predicted octanol–water partition coefficient (Wildman–Crippen LogP) is 1.40. The maximum absolute atomic E-state index is 9.17. The van der Waals surface area contributed by atoms with Gasteiger partial charge in [-0.3, -0.25) is 0 Å². The maximum atomic E-state index is 9.17. The van der Waals surface area contributed by atoms with E-state index in [0.29, 0.717) is 17.4 Å². The maximum Gasteiger partial charge on any atom is 0.149 e. The summed E-state index contributed by atoms with van der Waals surface area (Å²) >= 11 is 0. The third-order valence-electron chi connectivity index (χ3n) is 2.38. The van der Waals surface area contributed by atoms with E-state index in [1.54, 1.807) is 6.20 Å². The number of rotatable bonds is 4. The Kier molecular flexibility index (Phi) is 3.91. The molecule has 1 aromatic rings. The lowest BCUT2D eigenvalue weighted by Gasteiger charge is -2.21. The molecule has 1 atom stereocenters. The minimum absolute atomic E-state index is 0.0116. The van der Waals surface area contributed by atoms with Crippen LogP contribution in [0.4, 0.5) is 11.5 Å². The lowest BCUT2D eigenvalue weighted by Crippen LogP contribution is -2.30. The first-order valence-corrected chi connectivity index (χ1v) is 5.14. The lowest BCUT2D eigenvalue weighted by molar-refractivity contribution is 0.249. The normalized spacial score (nSPS) is 12.9. The molecule has 1 heterocycles. The van der Waals surface area contributed by atoms with Crippen molar-refractivity contribution >= 4 is 11.5 Å². The van der Waals surface area contributed by atoms with E-state index in [2.05, 4.69) is 10.3 Å². The molecular formula is C11H19N3O. The Morgan fingerprint density at radius 1 is 1.53 bits per heavy atom. The van der Waals surface area contributed by atoms with Crippen molar-refractivity contribution in [1.82, 2.24) is 4.98 Å². The summed E-state index contributed by atoms with van der Waals surface area (Å²) in [4.78, 5) is 4.20. The molecular weight excluding hydrogens is 190 g/mol. The summed E-state index contributed by atoms with van der Waals surface area (Å²) in [5.74, 6) is 0.978. The molecule has 0 aliphatic rings. The Hall–Kier alpha value is -1.29. The number of hydrogen-bond donors (Lipinski definition) is 3. The fourth-order valence-corrected chi connectivity index (χ4v) is 1.31. The Morgan fingerprint density at radius 2 is 2.20 bits per heavy atom. The second-order valence-corrected chi connectivity index (χ2v) is 4.13. The number of hydrogen-bond acceptors (Lipinski definition) is 4. The standard InChI is InChI=1S/C11H19N3O/c1-7(2)10(6-15)14-11-9(12)4-8(3)5-13-11/h4-5,7,10,15H,6,12H2,1-3H3,(H,13,14). The molecule has 0 amide bonds. The van der Waals surface area contributed by atoms with Crippen molar-refractivity contribution in [2.24, 2.45) is 5.92 Å². The molecule has 1 unspecified atom stereocenters. The van der Waals surface area contributed by atoms with E-state index in [-0.39, 0.29) is 12.6 Å². The van der Waals surface area contributed by atoms with Crippen molar-refractivity contribution in [3.8, 4) is 0 Å². The minimum atomic E-state index is -0.0116. The van der Waals surface area contributed by atoms with Gasteiger partial charge < -0.3 is 16.2 Å². The Labute approximate surface area is 90.5 Å². The molecule has 15 heavy (non-hydrogen) atoms. The van der Waals surface area contributed by atoms with E-state index in [4.69, 9.17) is 5.73 Å². The number of nitrogen functional groups attached to an aromatic ring is 1. The van der Waals surface area contributed by atoms with E-state index < -0.39 is 0 Å². The molecule has 4 N–H and O–H groups in total. The van der Waals surface area contributed by atoms with Gasteiger partial charge in [0.25, 0.3) is 0 Å². The van der Waals surface area contributed by atoms with Crippen LogP contribution in [0.15, 0.2) is 12.3 Å². The first-order valence-electron chi connectivity index (χ1n) is 5.14. The molecule has 0 saturated carbocycles. The quantitative estimate of drug-likeness (QED) is 0.701. The van der Waals surface area contributed by atoms with Crippen LogP contribution in [0.25, 0.3) is 0 Å². The summed E-state index contributed by atoms with van der Waals surface area (Å²) in [7, 11) is 0. The molecule has 0 aliphatic heterocycles. The molecule has 1 aromatic heterocycles. The summed E-state index contributed by atoms with van der Waals surface area (Å²) in [6, 6.07) is 1.85. The number of nitrogens with one attached hydrogen (secondary N) is 1. The van der Waals surface area contributed by atoms with E-state index in [1.165, 1.54) is 0 Å². The Balaban J connectivity index is 2.79. The molecule has 0 aliphatic carbocycles. The number of nitrogens with two attached hydrogens (primary N) is 1. The van der Waals surface area contributed by atoms with Crippen LogP contribution >= 0.6 is 0 Å². The summed E-state index contributed by atoms with van der Waals surface area (Å²) in [5.41, 5.74) is 7.47. The highest BCUT2D eigenvalue weighted by molar-refractivity contribution is 5.62. The fraction of sp³-hybridized carbons (Fsp3) is 0.545. The van der Waals surface area contributed by atoms with Gasteiger partial charge in [-0.25, -0.2) is 4.98 Å². The van der Waals surface area contributed by atoms with Gasteiger partial charge in [0.1, 0.15) is 5.82 Å². The lowest BCUT2D eigenvalue weighted by atomic mass is 10.1. The topological polar surface area (TPSA) is 71.2 Å². The zero-order valence-electron chi connectivity index (χ0n) is 9.49. The number of pyridine rings is 1. The highest BCUT2D eigenvalue weighted by Crippen LogP contribution is 2.18. The van der Waals surface area contributed by atoms with Gasteiger partial charge in [-0.05, 0) is 24.5 Å². The van der Waals surface area contributed by atoms with E-state index in [9.17, 15) is 5.11 Å². The average molecular weight is 209 g/mol. The summed E-state index contributed by atoms with van der Waals surface area (Å²) in [6.07, 6.45) is 1.76. The van der Waals surface area contributed by atoms with Crippen molar-refractivity contribution < 1.29 is 5.11 Å². The third-order valence-corrected chi connectivity index (χ3v) is 2.38. The van der Waals surface area contributed by atoms with Crippen molar-refractivity contribution in [3.05, 3.63) is 17.8 Å². The number of aryl methyl sites for hydroxylation is 1. The van der Waals surface area contributed by atoms with Gasteiger partial charge in [-0.2, -0.15) is 0 Å². The average Bonchev–Trinajstić information content (AvgIpc) is 2.16. The highest BCUT2D eigenvalue weighted by atomic mass is 16.3. The molecule has 4 nitrogen and oxygen atoms in total. The van der Waals surface area contributed by atoms with Crippen molar-refractivity contribution in [2.75, 3.05) is 17.7 Å². The number of aliphatic hydroxyl groups excluding tert-OH is 1. The molecule has 0 aromatic carbocycles. The zero-order valence-corrected chi connectivity index (χ0v) is 9.49. The van der Waals surface area contributed by atoms with Crippen molar-refractivity contribution in [2.45, 2.75) is 26.8 Å². The van der Waals surface area contributed by atoms with Crippen LogP contribution in [0, 0.1) is 12.8 Å². The van der Waals surface area contributed by atoms with Crippen LogP contribution in [0.1, 0.15) is 19.4 Å². The van der Waals surface area contributed by atoms with Gasteiger partial charge >= 0.3 is 0 Å². The Bertz CT molecular complexity index is 326. The van der Waals surface area contributed by atoms with Crippen LogP contribution in [0.3, 0.4) is 0 Å².